The van der Waals surface area contributed by atoms with Gasteiger partial charge in [-0.25, -0.2) is 0 Å². The molecule has 0 saturated carbocycles. The third-order valence-corrected chi connectivity index (χ3v) is 5.31. The molecule has 1 saturated heterocycles. The molecular weight excluding hydrogens is 430 g/mol. The van der Waals surface area contributed by atoms with E-state index in [4.69, 9.17) is 21.7 Å². The van der Waals surface area contributed by atoms with Crippen LogP contribution < -0.4 is 10.6 Å². The zero-order valence-corrected chi connectivity index (χ0v) is 18.5. The molecule has 8 nitrogen and oxygen atoms in total. The summed E-state index contributed by atoms with van der Waals surface area (Å²) in [6.07, 6.45) is 2.93. The maximum absolute atomic E-state index is 12.5. The van der Waals surface area contributed by atoms with E-state index in [9.17, 15) is 14.4 Å². The van der Waals surface area contributed by atoms with E-state index in [0.29, 0.717) is 13.1 Å². The van der Waals surface area contributed by atoms with Crippen molar-refractivity contribution < 1.29 is 23.9 Å². The summed E-state index contributed by atoms with van der Waals surface area (Å²) < 4.78 is 9.90. The number of amides is 2. The molecular formula is C23H25N3O5S. The zero-order valence-electron chi connectivity index (χ0n) is 17.7. The minimum atomic E-state index is -0.853. The van der Waals surface area contributed by atoms with Crippen LogP contribution in [-0.2, 0) is 23.9 Å². The van der Waals surface area contributed by atoms with Gasteiger partial charge in [-0.1, -0.05) is 42.5 Å². The number of hydrogen-bond donors (Lipinski definition) is 2. The van der Waals surface area contributed by atoms with Gasteiger partial charge < -0.3 is 19.7 Å². The number of ether oxygens (including phenoxy) is 2. The van der Waals surface area contributed by atoms with E-state index in [-0.39, 0.29) is 30.7 Å². The topological polar surface area (TPSA) is 97.0 Å². The first-order valence-electron chi connectivity index (χ1n) is 10.2. The number of piperazine rings is 1. The average molecular weight is 456 g/mol. The number of carbonyl (C=O) groups is 3. The maximum atomic E-state index is 12.5. The van der Waals surface area contributed by atoms with E-state index in [0.717, 1.165) is 16.3 Å². The van der Waals surface area contributed by atoms with E-state index in [1.54, 1.807) is 6.08 Å². The highest BCUT2D eigenvalue weighted by Crippen LogP contribution is 2.19. The van der Waals surface area contributed by atoms with E-state index < -0.39 is 17.9 Å². The molecule has 0 radical (unpaired) electrons. The Bertz CT molecular complexity index is 1030. The number of benzene rings is 2. The molecule has 2 aromatic carbocycles. The summed E-state index contributed by atoms with van der Waals surface area (Å²) in [4.78, 5) is 38.4. The van der Waals surface area contributed by atoms with E-state index in [1.807, 2.05) is 42.5 Å². The summed E-state index contributed by atoms with van der Waals surface area (Å²) in [5.41, 5.74) is 0.901. The van der Waals surface area contributed by atoms with Crippen molar-refractivity contribution >= 4 is 52.0 Å². The lowest BCUT2D eigenvalue weighted by Gasteiger charge is -2.36. The molecule has 9 heteroatoms. The number of fused-ring (bicyclic) bond motifs is 1. The van der Waals surface area contributed by atoms with Crippen LogP contribution in [0.15, 0.2) is 48.5 Å². The highest BCUT2D eigenvalue weighted by molar-refractivity contribution is 7.80. The van der Waals surface area contributed by atoms with Crippen LogP contribution in [0.3, 0.4) is 0 Å². The summed E-state index contributed by atoms with van der Waals surface area (Å²) in [6.45, 7) is 1.09. The Kier molecular flexibility index (Phi) is 8.29. The largest absolute Gasteiger partial charge is 0.463 e. The molecule has 0 spiro atoms. The minimum Gasteiger partial charge on any atom is -0.463 e. The second-order valence-electron chi connectivity index (χ2n) is 7.11. The van der Waals surface area contributed by atoms with Gasteiger partial charge in [-0.15, -0.1) is 0 Å². The number of esters is 1. The van der Waals surface area contributed by atoms with Crippen molar-refractivity contribution in [2.24, 2.45) is 0 Å². The van der Waals surface area contributed by atoms with Crippen LogP contribution in [0.5, 0.6) is 0 Å². The zero-order chi connectivity index (χ0) is 22.9. The maximum Gasteiger partial charge on any atom is 0.308 e. The number of nitrogens with zero attached hydrogens (tertiary/aromatic N) is 1. The number of rotatable bonds is 7. The molecule has 168 valence electrons. The Labute approximate surface area is 191 Å². The number of hydrogen-bond acceptors (Lipinski definition) is 6. The van der Waals surface area contributed by atoms with Gasteiger partial charge in [0.1, 0.15) is 12.6 Å². The SMILES string of the molecule is COCCOC(=O)CC1C(=O)NCCN1C(=S)NC(=O)/C=C/c1cccc2ccccc12. The Morgan fingerprint density at radius 2 is 2.00 bits per heavy atom. The lowest BCUT2D eigenvalue weighted by atomic mass is 10.0. The molecule has 1 unspecified atom stereocenters. The minimum absolute atomic E-state index is 0.0853. The first-order valence-corrected chi connectivity index (χ1v) is 10.6. The van der Waals surface area contributed by atoms with Crippen molar-refractivity contribution in [1.29, 1.82) is 0 Å². The number of methoxy groups -OCH3 is 1. The Morgan fingerprint density at radius 3 is 2.81 bits per heavy atom. The van der Waals surface area contributed by atoms with Gasteiger partial charge >= 0.3 is 5.97 Å². The summed E-state index contributed by atoms with van der Waals surface area (Å²) in [5, 5.41) is 7.52. The van der Waals surface area contributed by atoms with Crippen LogP contribution in [0.4, 0.5) is 0 Å². The molecule has 2 N–H and O–H groups in total. The van der Waals surface area contributed by atoms with Crippen molar-refractivity contribution in [3.8, 4) is 0 Å². The molecule has 0 aliphatic carbocycles. The van der Waals surface area contributed by atoms with E-state index in [1.165, 1.54) is 18.1 Å². The summed E-state index contributed by atoms with van der Waals surface area (Å²) in [6, 6.07) is 12.9. The van der Waals surface area contributed by atoms with Crippen LogP contribution in [0.2, 0.25) is 0 Å². The van der Waals surface area contributed by atoms with Gasteiger partial charge in [-0.2, -0.15) is 0 Å². The molecule has 0 bridgehead atoms. The second-order valence-corrected chi connectivity index (χ2v) is 7.50. The molecule has 1 heterocycles. The fourth-order valence-corrected chi connectivity index (χ4v) is 3.72. The summed E-state index contributed by atoms with van der Waals surface area (Å²) >= 11 is 5.36. The van der Waals surface area contributed by atoms with Crippen molar-refractivity contribution in [2.45, 2.75) is 12.5 Å². The van der Waals surface area contributed by atoms with Crippen molar-refractivity contribution in [3.63, 3.8) is 0 Å². The monoisotopic (exact) mass is 455 g/mol. The molecule has 3 rings (SSSR count). The van der Waals surface area contributed by atoms with Gasteiger partial charge in [0.05, 0.1) is 13.0 Å². The van der Waals surface area contributed by atoms with Gasteiger partial charge in [0.15, 0.2) is 5.11 Å². The smallest absolute Gasteiger partial charge is 0.308 e. The number of nitrogens with one attached hydrogen (secondary N) is 2. The predicted molar refractivity (Wildman–Crippen MR) is 125 cm³/mol. The first-order chi connectivity index (χ1) is 15.5. The van der Waals surface area contributed by atoms with Gasteiger partial charge in [0, 0.05) is 26.3 Å². The first kappa shape index (κ1) is 23.4. The van der Waals surface area contributed by atoms with Crippen LogP contribution in [-0.4, -0.2) is 67.3 Å². The predicted octanol–water partition coefficient (Wildman–Crippen LogP) is 1.63. The van der Waals surface area contributed by atoms with Crippen LogP contribution in [0.25, 0.3) is 16.8 Å². The molecule has 1 atom stereocenters. The molecule has 0 aromatic heterocycles. The molecule has 2 aromatic rings. The number of thiocarbonyl (C=S) groups is 1. The van der Waals surface area contributed by atoms with Gasteiger partial charge in [-0.3, -0.25) is 19.7 Å². The van der Waals surface area contributed by atoms with Crippen molar-refractivity contribution in [2.75, 3.05) is 33.4 Å². The third kappa shape index (κ3) is 6.12. The van der Waals surface area contributed by atoms with Crippen molar-refractivity contribution in [1.82, 2.24) is 15.5 Å². The van der Waals surface area contributed by atoms with E-state index in [2.05, 4.69) is 10.6 Å². The fraction of sp³-hybridized carbons (Fsp3) is 0.304. The Morgan fingerprint density at radius 1 is 1.22 bits per heavy atom. The van der Waals surface area contributed by atoms with Crippen LogP contribution in [0.1, 0.15) is 12.0 Å². The molecule has 1 fully saturated rings. The summed E-state index contributed by atoms with van der Waals surface area (Å²) in [7, 11) is 1.50. The van der Waals surface area contributed by atoms with Crippen LogP contribution >= 0.6 is 12.2 Å². The highest BCUT2D eigenvalue weighted by Gasteiger charge is 2.34. The lowest BCUT2D eigenvalue weighted by Crippen LogP contribution is -2.60. The molecule has 1 aliphatic heterocycles. The Hall–Kier alpha value is -3.30. The molecule has 1 aliphatic rings. The van der Waals surface area contributed by atoms with Crippen LogP contribution in [0, 0.1) is 0 Å². The molecule has 2 amide bonds. The normalized spacial score (nSPS) is 16.1. The van der Waals surface area contributed by atoms with Crippen molar-refractivity contribution in [3.05, 3.63) is 54.1 Å². The van der Waals surface area contributed by atoms with Gasteiger partial charge in [0.25, 0.3) is 0 Å². The Balaban J connectivity index is 1.63. The second kappa shape index (κ2) is 11.4. The number of carbonyl (C=O) groups excluding carboxylic acids is 3. The fourth-order valence-electron chi connectivity index (χ4n) is 3.40. The highest BCUT2D eigenvalue weighted by atomic mass is 32.1. The van der Waals surface area contributed by atoms with Gasteiger partial charge in [-0.05, 0) is 34.6 Å². The quantitative estimate of drug-likeness (QED) is 0.284. The standard InChI is InChI=1S/C23H25N3O5S/c1-30-13-14-31-21(28)15-19-22(29)24-11-12-26(19)23(32)25-20(27)10-9-17-7-4-6-16-5-2-3-8-18(16)17/h2-10,19H,11-15H2,1H3,(H,24,29)(H,25,27,32)/b10-9+. The van der Waals surface area contributed by atoms with E-state index >= 15 is 0 Å². The average Bonchev–Trinajstić information content (AvgIpc) is 2.79. The lowest BCUT2D eigenvalue weighted by molar-refractivity contribution is -0.148. The third-order valence-electron chi connectivity index (χ3n) is 4.97. The molecule has 32 heavy (non-hydrogen) atoms. The van der Waals surface area contributed by atoms with Gasteiger partial charge in [0.2, 0.25) is 11.8 Å². The summed E-state index contributed by atoms with van der Waals surface area (Å²) in [5.74, 6) is -1.31.